The summed E-state index contributed by atoms with van der Waals surface area (Å²) in [4.78, 5) is 19.4. The van der Waals surface area contributed by atoms with Gasteiger partial charge in [-0.05, 0) is 26.4 Å². The molecule has 0 radical (unpaired) electrons. The number of rotatable bonds is 3. The van der Waals surface area contributed by atoms with E-state index >= 15 is 0 Å². The van der Waals surface area contributed by atoms with Gasteiger partial charge in [-0.25, -0.2) is 0 Å². The van der Waals surface area contributed by atoms with Crippen LogP contribution in [0.4, 0.5) is 0 Å². The highest BCUT2D eigenvalue weighted by Crippen LogP contribution is 2.19. The second-order valence-electron chi connectivity index (χ2n) is 7.16. The van der Waals surface area contributed by atoms with Crippen molar-refractivity contribution < 1.29 is 9.32 Å². The number of nitrogens with zero attached hydrogens (tertiary/aromatic N) is 4. The Balaban J connectivity index is 1.54. The zero-order valence-corrected chi connectivity index (χ0v) is 14.5. The summed E-state index contributed by atoms with van der Waals surface area (Å²) >= 11 is 0. The highest BCUT2D eigenvalue weighted by atomic mass is 16.5. The number of hydrogen-bond donors (Lipinski definition) is 0. The van der Waals surface area contributed by atoms with Gasteiger partial charge in [0, 0.05) is 50.7 Å². The second kappa shape index (κ2) is 7.01. The van der Waals surface area contributed by atoms with E-state index in [9.17, 15) is 4.79 Å². The maximum absolute atomic E-state index is 12.5. The molecule has 2 saturated heterocycles. The fourth-order valence-corrected chi connectivity index (χ4v) is 3.55. The Labute approximate surface area is 138 Å². The normalized spacial score (nSPS) is 24.3. The molecule has 23 heavy (non-hydrogen) atoms. The number of carbonyl (C=O) groups excluding carboxylic acids is 1. The molecule has 6 heteroatoms. The number of amides is 1. The Bertz CT molecular complexity index is 534. The van der Waals surface area contributed by atoms with E-state index < -0.39 is 0 Å². The molecule has 1 aromatic heterocycles. The van der Waals surface area contributed by atoms with Gasteiger partial charge in [-0.2, -0.15) is 0 Å². The Morgan fingerprint density at radius 3 is 2.61 bits per heavy atom. The molecule has 0 saturated carbocycles. The molecule has 1 amide bonds. The van der Waals surface area contributed by atoms with Crippen molar-refractivity contribution in [2.45, 2.75) is 38.6 Å². The lowest BCUT2D eigenvalue weighted by atomic mass is 10.0. The summed E-state index contributed by atoms with van der Waals surface area (Å²) in [5.41, 5.74) is 0.444. The molecule has 0 bridgehead atoms. The summed E-state index contributed by atoms with van der Waals surface area (Å²) in [6, 6.07) is 2.43. The van der Waals surface area contributed by atoms with E-state index in [1.165, 1.54) is 19.4 Å². The molecule has 0 N–H and O–H groups in total. The van der Waals surface area contributed by atoms with E-state index in [0.29, 0.717) is 11.7 Å². The summed E-state index contributed by atoms with van der Waals surface area (Å²) in [6.45, 7) is 9.90. The quantitative estimate of drug-likeness (QED) is 0.848. The van der Waals surface area contributed by atoms with Crippen molar-refractivity contribution >= 4 is 5.91 Å². The molecule has 0 aliphatic carbocycles. The van der Waals surface area contributed by atoms with Crippen LogP contribution in [0.1, 0.15) is 48.9 Å². The van der Waals surface area contributed by atoms with Crippen LogP contribution in [0.2, 0.25) is 0 Å². The number of aromatic nitrogens is 1. The molecule has 1 atom stereocenters. The lowest BCUT2D eigenvalue weighted by Gasteiger charge is -2.42. The van der Waals surface area contributed by atoms with E-state index in [0.717, 1.165) is 38.5 Å². The van der Waals surface area contributed by atoms with Crippen LogP contribution < -0.4 is 0 Å². The molecule has 2 aliphatic heterocycles. The van der Waals surface area contributed by atoms with Gasteiger partial charge in [0.2, 0.25) is 0 Å². The van der Waals surface area contributed by atoms with Crippen molar-refractivity contribution in [1.82, 2.24) is 19.9 Å². The molecule has 0 spiro atoms. The molecule has 3 rings (SSSR count). The van der Waals surface area contributed by atoms with Gasteiger partial charge < -0.3 is 14.3 Å². The lowest BCUT2D eigenvalue weighted by Crippen LogP contribution is -2.55. The zero-order valence-electron chi connectivity index (χ0n) is 14.5. The van der Waals surface area contributed by atoms with Crippen LogP contribution >= 0.6 is 0 Å². The maximum atomic E-state index is 12.5. The minimum atomic E-state index is 0.000984. The fraction of sp³-hybridized carbons (Fsp3) is 0.765. The molecule has 1 aromatic rings. The Kier molecular flexibility index (Phi) is 5.02. The average molecular weight is 320 g/mol. The largest absolute Gasteiger partial charge is 0.360 e. The molecular weight excluding hydrogens is 292 g/mol. The van der Waals surface area contributed by atoms with Crippen LogP contribution in [0, 0.1) is 0 Å². The van der Waals surface area contributed by atoms with Gasteiger partial charge in [-0.3, -0.25) is 9.69 Å². The summed E-state index contributed by atoms with van der Waals surface area (Å²) in [7, 11) is 2.20. The molecule has 128 valence electrons. The van der Waals surface area contributed by atoms with Crippen LogP contribution in [0.15, 0.2) is 10.6 Å². The highest BCUT2D eigenvalue weighted by Gasteiger charge is 2.29. The first kappa shape index (κ1) is 16.5. The molecule has 6 nitrogen and oxygen atoms in total. The predicted molar refractivity (Wildman–Crippen MR) is 88.6 cm³/mol. The van der Waals surface area contributed by atoms with Gasteiger partial charge >= 0.3 is 0 Å². The number of carbonyl (C=O) groups is 1. The van der Waals surface area contributed by atoms with Crippen molar-refractivity contribution in [1.29, 1.82) is 0 Å². The maximum Gasteiger partial charge on any atom is 0.276 e. The minimum absolute atomic E-state index is 0.000984. The second-order valence-corrected chi connectivity index (χ2v) is 7.16. The number of piperidine rings is 1. The number of likely N-dealkylation sites (N-methyl/N-ethyl adjacent to an activating group) is 1. The summed E-state index contributed by atoms with van der Waals surface area (Å²) < 4.78 is 5.25. The van der Waals surface area contributed by atoms with E-state index in [1.807, 2.05) is 18.7 Å². The minimum Gasteiger partial charge on any atom is -0.360 e. The van der Waals surface area contributed by atoms with E-state index in [-0.39, 0.29) is 11.8 Å². The first-order chi connectivity index (χ1) is 11.0. The van der Waals surface area contributed by atoms with Crippen LogP contribution in [0.3, 0.4) is 0 Å². The zero-order chi connectivity index (χ0) is 16.4. The van der Waals surface area contributed by atoms with Gasteiger partial charge in [0.25, 0.3) is 5.91 Å². The molecule has 1 unspecified atom stereocenters. The van der Waals surface area contributed by atoms with Gasteiger partial charge in [0.05, 0.1) is 0 Å². The molecule has 2 fully saturated rings. The number of likely N-dealkylation sites (tertiary alicyclic amines) is 1. The van der Waals surface area contributed by atoms with Gasteiger partial charge in [-0.15, -0.1) is 0 Å². The van der Waals surface area contributed by atoms with Crippen LogP contribution in [0.5, 0.6) is 0 Å². The Hall–Kier alpha value is -1.40. The summed E-state index contributed by atoms with van der Waals surface area (Å²) in [5.74, 6) is 1.03. The van der Waals surface area contributed by atoms with Crippen molar-refractivity contribution in [3.05, 3.63) is 17.5 Å². The molecular formula is C17H28N4O2. The van der Waals surface area contributed by atoms with Crippen molar-refractivity contribution in [2.24, 2.45) is 0 Å². The topological polar surface area (TPSA) is 52.8 Å². The van der Waals surface area contributed by atoms with Crippen molar-refractivity contribution in [3.63, 3.8) is 0 Å². The molecule has 0 aromatic carbocycles. The fourth-order valence-electron chi connectivity index (χ4n) is 3.55. The summed E-state index contributed by atoms with van der Waals surface area (Å²) in [5, 5.41) is 3.94. The van der Waals surface area contributed by atoms with Gasteiger partial charge in [0.15, 0.2) is 5.69 Å². The third-order valence-electron chi connectivity index (χ3n) is 5.03. The third-order valence-corrected chi connectivity index (χ3v) is 5.03. The van der Waals surface area contributed by atoms with Crippen molar-refractivity contribution in [2.75, 3.05) is 46.3 Å². The van der Waals surface area contributed by atoms with E-state index in [1.54, 1.807) is 6.07 Å². The first-order valence-corrected chi connectivity index (χ1v) is 8.73. The standard InChI is InChI=1S/C17H28N4O2/c1-13(2)16-11-15(18-23-16)17(22)21-9-7-20(8-10-21)14-5-4-6-19(3)12-14/h11,13-14H,4-10,12H2,1-3H3. The van der Waals surface area contributed by atoms with Crippen molar-refractivity contribution in [3.8, 4) is 0 Å². The average Bonchev–Trinajstić information content (AvgIpc) is 3.04. The number of hydrogen-bond acceptors (Lipinski definition) is 5. The SMILES string of the molecule is CC(C)c1cc(C(=O)N2CCN(C3CCCN(C)C3)CC2)no1. The highest BCUT2D eigenvalue weighted by molar-refractivity contribution is 5.92. The number of piperazine rings is 1. The lowest BCUT2D eigenvalue weighted by molar-refractivity contribution is 0.0445. The van der Waals surface area contributed by atoms with Gasteiger partial charge in [0.1, 0.15) is 5.76 Å². The summed E-state index contributed by atoms with van der Waals surface area (Å²) in [6.07, 6.45) is 2.55. The van der Waals surface area contributed by atoms with Crippen LogP contribution in [-0.2, 0) is 0 Å². The first-order valence-electron chi connectivity index (χ1n) is 8.73. The monoisotopic (exact) mass is 320 g/mol. The van der Waals surface area contributed by atoms with Gasteiger partial charge in [-0.1, -0.05) is 19.0 Å². The van der Waals surface area contributed by atoms with E-state index in [2.05, 4.69) is 22.0 Å². The van der Waals surface area contributed by atoms with Crippen LogP contribution in [-0.4, -0.2) is 78.1 Å². The molecule has 2 aliphatic rings. The Morgan fingerprint density at radius 1 is 1.26 bits per heavy atom. The molecule has 3 heterocycles. The smallest absolute Gasteiger partial charge is 0.276 e. The van der Waals surface area contributed by atoms with Crippen LogP contribution in [0.25, 0.3) is 0 Å². The van der Waals surface area contributed by atoms with E-state index in [4.69, 9.17) is 4.52 Å². The predicted octanol–water partition coefficient (Wildman–Crippen LogP) is 1.65. The Morgan fingerprint density at radius 2 is 2.00 bits per heavy atom. The third kappa shape index (κ3) is 3.75.